The summed E-state index contributed by atoms with van der Waals surface area (Å²) in [5, 5.41) is 0. The Balaban J connectivity index is 2.33. The highest BCUT2D eigenvalue weighted by molar-refractivity contribution is 5.82. The lowest BCUT2D eigenvalue weighted by Crippen LogP contribution is -2.18. The Kier molecular flexibility index (Phi) is 5.73. The summed E-state index contributed by atoms with van der Waals surface area (Å²) in [7, 11) is 0. The Hall–Kier alpha value is -2.13. The zero-order valence-corrected chi connectivity index (χ0v) is 13.2. The molecule has 0 spiro atoms. The van der Waals surface area contributed by atoms with Crippen LogP contribution >= 0.6 is 0 Å². The molecule has 0 amide bonds. The zero-order valence-electron chi connectivity index (χ0n) is 13.2. The molecule has 0 heterocycles. The molecule has 0 bridgehead atoms. The molecule has 0 aliphatic carbocycles. The quantitative estimate of drug-likeness (QED) is 0.825. The number of ether oxygens (including phenoxy) is 1. The minimum Gasteiger partial charge on any atom is -0.465 e. The van der Waals surface area contributed by atoms with Crippen molar-refractivity contribution < 1.29 is 9.53 Å². The lowest BCUT2D eigenvalue weighted by Gasteiger charge is -2.17. The Bertz CT molecular complexity index is 591. The number of hydrogen-bond acceptors (Lipinski definition) is 3. The highest BCUT2D eigenvalue weighted by Gasteiger charge is 2.24. The summed E-state index contributed by atoms with van der Waals surface area (Å²) in [6.07, 6.45) is 0.816. The lowest BCUT2D eigenvalue weighted by atomic mass is 9.90. The van der Waals surface area contributed by atoms with Crippen LogP contribution in [0.5, 0.6) is 0 Å². The molecule has 0 aliphatic rings. The first-order chi connectivity index (χ1) is 10.6. The van der Waals surface area contributed by atoms with Crippen LogP contribution in [0, 0.1) is 0 Å². The van der Waals surface area contributed by atoms with E-state index in [4.69, 9.17) is 10.5 Å². The highest BCUT2D eigenvalue weighted by atomic mass is 16.5. The fourth-order valence-corrected chi connectivity index (χ4v) is 2.39. The van der Waals surface area contributed by atoms with Crippen LogP contribution < -0.4 is 5.73 Å². The number of carbonyl (C=O) groups excluding carboxylic acids is 1. The molecule has 2 rings (SSSR count). The molecule has 116 valence electrons. The van der Waals surface area contributed by atoms with Crippen molar-refractivity contribution in [2.45, 2.75) is 32.2 Å². The van der Waals surface area contributed by atoms with Crippen LogP contribution in [-0.2, 0) is 9.53 Å². The van der Waals surface area contributed by atoms with Gasteiger partial charge >= 0.3 is 5.97 Å². The van der Waals surface area contributed by atoms with Gasteiger partial charge in [-0.1, -0.05) is 61.5 Å². The van der Waals surface area contributed by atoms with Gasteiger partial charge in [0, 0.05) is 6.04 Å². The van der Waals surface area contributed by atoms with E-state index in [1.807, 2.05) is 68.4 Å². The summed E-state index contributed by atoms with van der Waals surface area (Å²) >= 11 is 0. The molecule has 0 saturated carbocycles. The summed E-state index contributed by atoms with van der Waals surface area (Å²) in [5.41, 5.74) is 8.81. The first-order valence-corrected chi connectivity index (χ1v) is 7.70. The molecule has 2 atom stereocenters. The van der Waals surface area contributed by atoms with Crippen LogP contribution in [0.2, 0.25) is 0 Å². The minimum absolute atomic E-state index is 0.0173. The van der Waals surface area contributed by atoms with Gasteiger partial charge in [-0.2, -0.15) is 0 Å². The maximum Gasteiger partial charge on any atom is 0.317 e. The van der Waals surface area contributed by atoms with Crippen molar-refractivity contribution in [2.75, 3.05) is 6.61 Å². The van der Waals surface area contributed by atoms with Crippen molar-refractivity contribution in [3.8, 4) is 0 Å². The van der Waals surface area contributed by atoms with Gasteiger partial charge in [-0.3, -0.25) is 4.79 Å². The number of nitrogens with two attached hydrogens (primary N) is 1. The number of rotatable bonds is 6. The Morgan fingerprint density at radius 3 is 2.09 bits per heavy atom. The Morgan fingerprint density at radius 2 is 1.55 bits per heavy atom. The molecular weight excluding hydrogens is 274 g/mol. The molecule has 0 aromatic heterocycles. The van der Waals surface area contributed by atoms with E-state index in [9.17, 15) is 4.79 Å². The van der Waals surface area contributed by atoms with Gasteiger partial charge in [-0.25, -0.2) is 0 Å². The molecule has 2 aromatic carbocycles. The second-order valence-electron chi connectivity index (χ2n) is 5.47. The average Bonchev–Trinajstić information content (AvgIpc) is 2.54. The standard InChI is InChI=1S/C19H23NO2/c1-3-13-22-19(21)18(16-7-5-4-6-8-16)17-11-9-15(10-12-17)14(2)20/h4-12,14,18H,3,13,20H2,1-2H3. The van der Waals surface area contributed by atoms with E-state index in [-0.39, 0.29) is 12.0 Å². The normalized spacial score (nSPS) is 13.4. The second kappa shape index (κ2) is 7.76. The van der Waals surface area contributed by atoms with Crippen molar-refractivity contribution >= 4 is 5.97 Å². The van der Waals surface area contributed by atoms with E-state index in [0.29, 0.717) is 6.61 Å². The van der Waals surface area contributed by atoms with Crippen molar-refractivity contribution in [2.24, 2.45) is 5.73 Å². The van der Waals surface area contributed by atoms with E-state index >= 15 is 0 Å². The summed E-state index contributed by atoms with van der Waals surface area (Å²) < 4.78 is 5.38. The van der Waals surface area contributed by atoms with Gasteiger partial charge in [-0.05, 0) is 30.0 Å². The van der Waals surface area contributed by atoms with Gasteiger partial charge in [0.2, 0.25) is 0 Å². The number of hydrogen-bond donors (Lipinski definition) is 1. The predicted octanol–water partition coefficient (Wildman–Crippen LogP) is 3.79. The molecule has 0 fully saturated rings. The number of carbonyl (C=O) groups is 1. The van der Waals surface area contributed by atoms with Gasteiger partial charge in [0.25, 0.3) is 0 Å². The smallest absolute Gasteiger partial charge is 0.317 e. The Morgan fingerprint density at radius 1 is 1.00 bits per heavy atom. The maximum atomic E-state index is 12.5. The third-order valence-electron chi connectivity index (χ3n) is 3.61. The maximum absolute atomic E-state index is 12.5. The highest BCUT2D eigenvalue weighted by Crippen LogP contribution is 2.27. The van der Waals surface area contributed by atoms with Gasteiger partial charge in [0.15, 0.2) is 0 Å². The van der Waals surface area contributed by atoms with Crippen LogP contribution in [0.25, 0.3) is 0 Å². The molecule has 0 saturated heterocycles. The van der Waals surface area contributed by atoms with Crippen molar-refractivity contribution in [1.29, 1.82) is 0 Å². The number of esters is 1. The molecule has 3 nitrogen and oxygen atoms in total. The fraction of sp³-hybridized carbons (Fsp3) is 0.316. The molecule has 2 unspecified atom stereocenters. The van der Waals surface area contributed by atoms with Crippen molar-refractivity contribution in [3.63, 3.8) is 0 Å². The van der Waals surface area contributed by atoms with E-state index in [1.165, 1.54) is 0 Å². The van der Waals surface area contributed by atoms with Gasteiger partial charge < -0.3 is 10.5 Å². The Labute approximate surface area is 132 Å². The molecule has 3 heteroatoms. The van der Waals surface area contributed by atoms with E-state index in [0.717, 1.165) is 23.1 Å². The fourth-order valence-electron chi connectivity index (χ4n) is 2.39. The second-order valence-corrected chi connectivity index (χ2v) is 5.47. The van der Waals surface area contributed by atoms with Crippen LogP contribution in [0.3, 0.4) is 0 Å². The van der Waals surface area contributed by atoms with Crippen LogP contribution in [-0.4, -0.2) is 12.6 Å². The zero-order chi connectivity index (χ0) is 15.9. The third kappa shape index (κ3) is 3.95. The van der Waals surface area contributed by atoms with E-state index in [2.05, 4.69) is 0 Å². The van der Waals surface area contributed by atoms with Crippen LogP contribution in [0.1, 0.15) is 48.9 Å². The molecule has 2 aromatic rings. The molecule has 22 heavy (non-hydrogen) atoms. The van der Waals surface area contributed by atoms with Crippen LogP contribution in [0.15, 0.2) is 54.6 Å². The topological polar surface area (TPSA) is 52.3 Å². The van der Waals surface area contributed by atoms with Gasteiger partial charge in [-0.15, -0.1) is 0 Å². The van der Waals surface area contributed by atoms with Crippen molar-refractivity contribution in [1.82, 2.24) is 0 Å². The van der Waals surface area contributed by atoms with Crippen molar-refractivity contribution in [3.05, 3.63) is 71.3 Å². The number of benzene rings is 2. The summed E-state index contributed by atoms with van der Waals surface area (Å²) in [4.78, 5) is 12.5. The van der Waals surface area contributed by atoms with Gasteiger partial charge in [0.1, 0.15) is 5.92 Å². The monoisotopic (exact) mass is 297 g/mol. The molecule has 0 radical (unpaired) electrons. The van der Waals surface area contributed by atoms with E-state index < -0.39 is 5.92 Å². The minimum atomic E-state index is -0.394. The lowest BCUT2D eigenvalue weighted by molar-refractivity contribution is -0.144. The third-order valence-corrected chi connectivity index (χ3v) is 3.61. The average molecular weight is 297 g/mol. The first kappa shape index (κ1) is 16.2. The van der Waals surface area contributed by atoms with Gasteiger partial charge in [0.05, 0.1) is 6.61 Å². The summed E-state index contributed by atoms with van der Waals surface area (Å²) in [5.74, 6) is -0.600. The summed E-state index contributed by atoms with van der Waals surface area (Å²) in [6, 6.07) is 17.6. The van der Waals surface area contributed by atoms with Crippen LogP contribution in [0.4, 0.5) is 0 Å². The molecule has 2 N–H and O–H groups in total. The predicted molar refractivity (Wildman–Crippen MR) is 88.6 cm³/mol. The first-order valence-electron chi connectivity index (χ1n) is 7.70. The molecule has 0 aliphatic heterocycles. The summed E-state index contributed by atoms with van der Waals surface area (Å²) in [6.45, 7) is 4.38. The molecular formula is C19H23NO2. The SMILES string of the molecule is CCCOC(=O)C(c1ccccc1)c1ccc(C(C)N)cc1. The largest absolute Gasteiger partial charge is 0.465 e. The van der Waals surface area contributed by atoms with E-state index in [1.54, 1.807) is 0 Å².